The van der Waals surface area contributed by atoms with Crippen LogP contribution >= 0.6 is 11.8 Å². The van der Waals surface area contributed by atoms with Crippen molar-refractivity contribution < 1.29 is 9.50 Å². The van der Waals surface area contributed by atoms with Crippen molar-refractivity contribution in [2.24, 2.45) is 0 Å². The maximum absolute atomic E-state index is 13.0. The minimum atomic E-state index is -0.625. The minimum Gasteiger partial charge on any atom is -0.387 e. The number of halogens is 1. The molecule has 0 aromatic heterocycles. The van der Waals surface area contributed by atoms with Gasteiger partial charge in [0.1, 0.15) is 5.82 Å². The van der Waals surface area contributed by atoms with Gasteiger partial charge in [-0.05, 0) is 42.0 Å². The smallest absolute Gasteiger partial charge is 0.123 e. The SMILES string of the molecule is OC(CNC1CCSCC1)c1cccc(F)c1. The fourth-order valence-corrected chi connectivity index (χ4v) is 3.12. The zero-order valence-corrected chi connectivity index (χ0v) is 10.5. The maximum Gasteiger partial charge on any atom is 0.123 e. The molecule has 0 saturated carbocycles. The van der Waals surface area contributed by atoms with Crippen molar-refractivity contribution in [1.82, 2.24) is 5.32 Å². The third-order valence-electron chi connectivity index (χ3n) is 3.05. The Hall–Kier alpha value is -0.580. The molecule has 1 saturated heterocycles. The van der Waals surface area contributed by atoms with Crippen LogP contribution in [0.1, 0.15) is 24.5 Å². The largest absolute Gasteiger partial charge is 0.387 e. The van der Waals surface area contributed by atoms with E-state index in [-0.39, 0.29) is 5.82 Å². The summed E-state index contributed by atoms with van der Waals surface area (Å²) in [6.45, 7) is 0.499. The molecule has 0 amide bonds. The van der Waals surface area contributed by atoms with E-state index in [0.717, 1.165) is 12.8 Å². The molecule has 0 radical (unpaired) electrons. The summed E-state index contributed by atoms with van der Waals surface area (Å²) in [4.78, 5) is 0. The van der Waals surface area contributed by atoms with Gasteiger partial charge in [0.05, 0.1) is 6.10 Å². The van der Waals surface area contributed by atoms with E-state index in [1.54, 1.807) is 12.1 Å². The standard InChI is InChI=1S/C13H18FNOS/c14-11-3-1-2-10(8-11)13(16)9-15-12-4-6-17-7-5-12/h1-3,8,12-13,15-16H,4-7,9H2. The van der Waals surface area contributed by atoms with Gasteiger partial charge < -0.3 is 10.4 Å². The summed E-state index contributed by atoms with van der Waals surface area (Å²) < 4.78 is 13.0. The van der Waals surface area contributed by atoms with Crippen LogP contribution in [0.15, 0.2) is 24.3 Å². The van der Waals surface area contributed by atoms with Crippen LogP contribution in [0.3, 0.4) is 0 Å². The van der Waals surface area contributed by atoms with Gasteiger partial charge in [-0.1, -0.05) is 12.1 Å². The quantitative estimate of drug-likeness (QED) is 0.866. The molecule has 1 aliphatic rings. The summed E-state index contributed by atoms with van der Waals surface area (Å²) in [5.74, 6) is 2.08. The number of aliphatic hydroxyl groups is 1. The van der Waals surface area contributed by atoms with Crippen molar-refractivity contribution in [3.8, 4) is 0 Å². The average Bonchev–Trinajstić information content (AvgIpc) is 2.37. The van der Waals surface area contributed by atoms with Crippen LogP contribution in [0.25, 0.3) is 0 Å². The van der Waals surface area contributed by atoms with Gasteiger partial charge in [-0.3, -0.25) is 0 Å². The van der Waals surface area contributed by atoms with Crippen LogP contribution in [0.2, 0.25) is 0 Å². The monoisotopic (exact) mass is 255 g/mol. The molecular formula is C13H18FNOS. The Bertz CT molecular complexity index is 355. The van der Waals surface area contributed by atoms with Gasteiger partial charge in [-0.25, -0.2) is 4.39 Å². The first-order valence-electron chi connectivity index (χ1n) is 6.00. The van der Waals surface area contributed by atoms with Crippen molar-refractivity contribution in [2.45, 2.75) is 25.0 Å². The van der Waals surface area contributed by atoms with Crippen molar-refractivity contribution in [1.29, 1.82) is 0 Å². The van der Waals surface area contributed by atoms with E-state index in [1.165, 1.54) is 23.6 Å². The Morgan fingerprint density at radius 2 is 2.18 bits per heavy atom. The summed E-state index contributed by atoms with van der Waals surface area (Å²) in [6.07, 6.45) is 1.68. The first kappa shape index (κ1) is 12.9. The Morgan fingerprint density at radius 1 is 1.41 bits per heavy atom. The Balaban J connectivity index is 1.82. The predicted octanol–water partition coefficient (Wildman–Crippen LogP) is 2.34. The summed E-state index contributed by atoms with van der Waals surface area (Å²) in [7, 11) is 0. The summed E-state index contributed by atoms with van der Waals surface area (Å²) >= 11 is 1.98. The molecule has 0 aliphatic carbocycles. The fraction of sp³-hybridized carbons (Fsp3) is 0.538. The molecule has 0 spiro atoms. The number of benzene rings is 1. The lowest BCUT2D eigenvalue weighted by Crippen LogP contribution is -2.35. The minimum absolute atomic E-state index is 0.296. The van der Waals surface area contributed by atoms with Crippen molar-refractivity contribution in [3.05, 3.63) is 35.6 Å². The molecule has 17 heavy (non-hydrogen) atoms. The molecule has 1 aromatic carbocycles. The molecule has 2 rings (SSSR count). The van der Waals surface area contributed by atoms with Crippen LogP contribution < -0.4 is 5.32 Å². The second-order valence-corrected chi connectivity index (χ2v) is 5.59. The summed E-state index contributed by atoms with van der Waals surface area (Å²) in [6, 6.07) is 6.67. The molecule has 1 atom stereocenters. The van der Waals surface area contributed by atoms with Crippen molar-refractivity contribution in [2.75, 3.05) is 18.1 Å². The van der Waals surface area contributed by atoms with Gasteiger partial charge in [0.15, 0.2) is 0 Å². The molecular weight excluding hydrogens is 237 g/mol. The predicted molar refractivity (Wildman–Crippen MR) is 69.7 cm³/mol. The van der Waals surface area contributed by atoms with E-state index in [2.05, 4.69) is 5.32 Å². The highest BCUT2D eigenvalue weighted by atomic mass is 32.2. The van der Waals surface area contributed by atoms with Gasteiger partial charge in [0, 0.05) is 12.6 Å². The molecule has 1 fully saturated rings. The average molecular weight is 255 g/mol. The lowest BCUT2D eigenvalue weighted by atomic mass is 10.1. The number of nitrogens with one attached hydrogen (secondary N) is 1. The number of hydrogen-bond acceptors (Lipinski definition) is 3. The lowest BCUT2D eigenvalue weighted by Gasteiger charge is -2.24. The third-order valence-corrected chi connectivity index (χ3v) is 4.10. The summed E-state index contributed by atoms with van der Waals surface area (Å²) in [5, 5.41) is 13.3. The second-order valence-electron chi connectivity index (χ2n) is 4.37. The van der Waals surface area contributed by atoms with E-state index in [1.807, 2.05) is 11.8 Å². The zero-order valence-electron chi connectivity index (χ0n) is 9.73. The first-order chi connectivity index (χ1) is 8.25. The first-order valence-corrected chi connectivity index (χ1v) is 7.16. The highest BCUT2D eigenvalue weighted by molar-refractivity contribution is 7.99. The van der Waals surface area contributed by atoms with Crippen LogP contribution in [-0.2, 0) is 0 Å². The van der Waals surface area contributed by atoms with Crippen LogP contribution in [0.4, 0.5) is 4.39 Å². The zero-order chi connectivity index (χ0) is 12.1. The van der Waals surface area contributed by atoms with Crippen molar-refractivity contribution >= 4 is 11.8 Å². The maximum atomic E-state index is 13.0. The van der Waals surface area contributed by atoms with Gasteiger partial charge in [0.2, 0.25) is 0 Å². The lowest BCUT2D eigenvalue weighted by molar-refractivity contribution is 0.168. The van der Waals surface area contributed by atoms with Gasteiger partial charge in [0.25, 0.3) is 0 Å². The molecule has 1 aliphatic heterocycles. The Labute approximate surface area is 106 Å². The van der Waals surface area contributed by atoms with Gasteiger partial charge >= 0.3 is 0 Å². The van der Waals surface area contributed by atoms with Crippen LogP contribution in [0, 0.1) is 5.82 Å². The van der Waals surface area contributed by atoms with Crippen LogP contribution in [0.5, 0.6) is 0 Å². The second kappa shape index (κ2) is 6.38. The van der Waals surface area contributed by atoms with Crippen molar-refractivity contribution in [3.63, 3.8) is 0 Å². The number of hydrogen-bond donors (Lipinski definition) is 2. The van der Waals surface area contributed by atoms with E-state index >= 15 is 0 Å². The van der Waals surface area contributed by atoms with E-state index in [4.69, 9.17) is 0 Å². The third kappa shape index (κ3) is 3.98. The highest BCUT2D eigenvalue weighted by Crippen LogP contribution is 2.18. The molecule has 2 N–H and O–H groups in total. The summed E-state index contributed by atoms with van der Waals surface area (Å²) in [5.41, 5.74) is 0.641. The van der Waals surface area contributed by atoms with Gasteiger partial charge in [-0.15, -0.1) is 0 Å². The Morgan fingerprint density at radius 3 is 2.88 bits per heavy atom. The van der Waals surface area contributed by atoms with E-state index in [9.17, 15) is 9.50 Å². The van der Waals surface area contributed by atoms with E-state index < -0.39 is 6.10 Å². The molecule has 2 nitrogen and oxygen atoms in total. The molecule has 1 unspecified atom stereocenters. The number of rotatable bonds is 4. The molecule has 94 valence electrons. The van der Waals surface area contributed by atoms with Gasteiger partial charge in [-0.2, -0.15) is 11.8 Å². The molecule has 1 heterocycles. The highest BCUT2D eigenvalue weighted by Gasteiger charge is 2.15. The van der Waals surface area contributed by atoms with E-state index in [0.29, 0.717) is 18.2 Å². The fourth-order valence-electron chi connectivity index (χ4n) is 2.01. The normalized spacial score (nSPS) is 19.2. The topological polar surface area (TPSA) is 32.3 Å². The molecule has 0 bridgehead atoms. The number of aliphatic hydroxyl groups excluding tert-OH is 1. The number of thioether (sulfide) groups is 1. The Kier molecular flexibility index (Phi) is 4.83. The molecule has 4 heteroatoms. The molecule has 1 aromatic rings. The van der Waals surface area contributed by atoms with Crippen LogP contribution in [-0.4, -0.2) is 29.2 Å².